The summed E-state index contributed by atoms with van der Waals surface area (Å²) in [6.45, 7) is 2.06. The van der Waals surface area contributed by atoms with E-state index in [0.29, 0.717) is 41.2 Å². The number of carbonyl (C=O) groups is 2. The standard InChI is InChI=1S/C28H32N2O5/c1-4-5-9-18-28(27(29)33,21-12-15-23(31)16-13-21)30(26(32)20-10-7-6-8-11-20)22-14-17-24(34-2)25(19-22)35-3/h6-8,10-17,19,31H,4-5,9,18H2,1-3H3,(H2,29,33). The highest BCUT2D eigenvalue weighted by atomic mass is 16.5. The van der Waals surface area contributed by atoms with Crippen molar-refractivity contribution in [3.05, 3.63) is 83.9 Å². The molecular formula is C28H32N2O5. The molecular weight excluding hydrogens is 444 g/mol. The van der Waals surface area contributed by atoms with Crippen molar-refractivity contribution in [1.29, 1.82) is 0 Å². The van der Waals surface area contributed by atoms with E-state index in [2.05, 4.69) is 6.92 Å². The number of anilines is 1. The first kappa shape index (κ1) is 25.6. The maximum atomic E-state index is 14.1. The van der Waals surface area contributed by atoms with Crippen LogP contribution >= 0.6 is 0 Å². The number of methoxy groups -OCH3 is 2. The van der Waals surface area contributed by atoms with E-state index in [1.807, 2.05) is 6.07 Å². The Kier molecular flexibility index (Phi) is 8.36. The predicted octanol–water partition coefficient (Wildman–Crippen LogP) is 5.02. The summed E-state index contributed by atoms with van der Waals surface area (Å²) in [7, 11) is 3.03. The molecule has 1 atom stereocenters. The number of rotatable bonds is 11. The minimum Gasteiger partial charge on any atom is -0.508 e. The van der Waals surface area contributed by atoms with Gasteiger partial charge < -0.3 is 20.3 Å². The lowest BCUT2D eigenvalue weighted by molar-refractivity contribution is -0.123. The predicted molar refractivity (Wildman–Crippen MR) is 136 cm³/mol. The number of phenols is 1. The molecule has 0 radical (unpaired) electrons. The molecule has 35 heavy (non-hydrogen) atoms. The Morgan fingerprint density at radius 1 is 0.914 bits per heavy atom. The van der Waals surface area contributed by atoms with E-state index in [9.17, 15) is 14.7 Å². The van der Waals surface area contributed by atoms with Crippen LogP contribution < -0.4 is 20.1 Å². The third-order valence-corrected chi connectivity index (χ3v) is 6.13. The summed E-state index contributed by atoms with van der Waals surface area (Å²) in [4.78, 5) is 29.0. The number of nitrogens with two attached hydrogens (primary N) is 1. The van der Waals surface area contributed by atoms with Gasteiger partial charge in [0.25, 0.3) is 5.91 Å². The number of phenolic OH excluding ortho intramolecular Hbond substituents is 1. The van der Waals surface area contributed by atoms with Crippen molar-refractivity contribution in [3.63, 3.8) is 0 Å². The maximum absolute atomic E-state index is 14.1. The van der Waals surface area contributed by atoms with Gasteiger partial charge >= 0.3 is 0 Å². The van der Waals surface area contributed by atoms with Gasteiger partial charge in [-0.15, -0.1) is 0 Å². The maximum Gasteiger partial charge on any atom is 0.259 e. The highest BCUT2D eigenvalue weighted by Crippen LogP contribution is 2.42. The molecule has 3 rings (SSSR count). The minimum absolute atomic E-state index is 0.0488. The molecule has 7 nitrogen and oxygen atoms in total. The number of benzene rings is 3. The number of hydrogen-bond donors (Lipinski definition) is 2. The van der Waals surface area contributed by atoms with Gasteiger partial charge in [0, 0.05) is 17.3 Å². The molecule has 3 N–H and O–H groups in total. The largest absolute Gasteiger partial charge is 0.508 e. The Morgan fingerprint density at radius 3 is 2.14 bits per heavy atom. The van der Waals surface area contributed by atoms with Crippen LogP contribution in [0.5, 0.6) is 17.2 Å². The summed E-state index contributed by atoms with van der Waals surface area (Å²) in [5, 5.41) is 9.92. The zero-order chi connectivity index (χ0) is 25.4. The minimum atomic E-state index is -1.52. The average Bonchev–Trinajstić information content (AvgIpc) is 2.88. The van der Waals surface area contributed by atoms with E-state index in [4.69, 9.17) is 15.2 Å². The molecule has 0 fully saturated rings. The first-order valence-corrected chi connectivity index (χ1v) is 11.6. The van der Waals surface area contributed by atoms with Gasteiger partial charge in [-0.3, -0.25) is 14.5 Å². The zero-order valence-corrected chi connectivity index (χ0v) is 20.4. The molecule has 3 aromatic carbocycles. The summed E-state index contributed by atoms with van der Waals surface area (Å²) in [6.07, 6.45) is 2.74. The van der Waals surface area contributed by atoms with Crippen molar-refractivity contribution in [2.24, 2.45) is 5.73 Å². The second-order valence-electron chi connectivity index (χ2n) is 8.27. The lowest BCUT2D eigenvalue weighted by atomic mass is 9.81. The van der Waals surface area contributed by atoms with Gasteiger partial charge in [0.2, 0.25) is 5.91 Å². The molecule has 2 amide bonds. The first-order valence-electron chi connectivity index (χ1n) is 11.6. The molecule has 0 aliphatic rings. The summed E-state index contributed by atoms with van der Waals surface area (Å²) >= 11 is 0. The van der Waals surface area contributed by atoms with Crippen LogP contribution in [-0.4, -0.2) is 31.1 Å². The topological polar surface area (TPSA) is 102 Å². The fourth-order valence-electron chi connectivity index (χ4n) is 4.31. The lowest BCUT2D eigenvalue weighted by Gasteiger charge is -2.42. The SMILES string of the molecule is CCCCCC(C(N)=O)(c1ccc(O)cc1)N(C(=O)c1ccccc1)c1ccc(OC)c(OC)c1. The normalized spacial score (nSPS) is 12.4. The molecule has 3 aromatic rings. The second-order valence-corrected chi connectivity index (χ2v) is 8.27. The number of hydrogen-bond acceptors (Lipinski definition) is 5. The number of nitrogens with zero attached hydrogens (tertiary/aromatic N) is 1. The Morgan fingerprint density at radius 2 is 1.57 bits per heavy atom. The van der Waals surface area contributed by atoms with Crippen molar-refractivity contribution >= 4 is 17.5 Å². The Labute approximate surface area is 206 Å². The van der Waals surface area contributed by atoms with Gasteiger partial charge in [0.1, 0.15) is 5.75 Å². The van der Waals surface area contributed by atoms with Gasteiger partial charge in [0.15, 0.2) is 17.0 Å². The summed E-state index contributed by atoms with van der Waals surface area (Å²) in [5.74, 6) is -0.107. The first-order chi connectivity index (χ1) is 16.9. The van der Waals surface area contributed by atoms with E-state index in [1.54, 1.807) is 54.6 Å². The molecule has 0 spiro atoms. The molecule has 0 aromatic heterocycles. The lowest BCUT2D eigenvalue weighted by Crippen LogP contribution is -2.58. The van der Waals surface area contributed by atoms with Crippen LogP contribution in [-0.2, 0) is 10.3 Å². The molecule has 0 heterocycles. The molecule has 0 bridgehead atoms. The van der Waals surface area contributed by atoms with Crippen LogP contribution in [0.15, 0.2) is 72.8 Å². The second kappa shape index (κ2) is 11.4. The fourth-order valence-corrected chi connectivity index (χ4v) is 4.31. The van der Waals surface area contributed by atoms with Crippen LogP contribution in [0, 0.1) is 0 Å². The number of ether oxygens (including phenoxy) is 2. The molecule has 0 aliphatic carbocycles. The van der Waals surface area contributed by atoms with Gasteiger partial charge in [0.05, 0.1) is 14.2 Å². The third kappa shape index (κ3) is 5.24. The van der Waals surface area contributed by atoms with Crippen LogP contribution in [0.25, 0.3) is 0 Å². The van der Waals surface area contributed by atoms with Crippen molar-refractivity contribution in [3.8, 4) is 17.2 Å². The molecule has 1 unspecified atom stereocenters. The van der Waals surface area contributed by atoms with E-state index in [-0.39, 0.29) is 11.7 Å². The van der Waals surface area contributed by atoms with Crippen LogP contribution in [0.1, 0.15) is 48.5 Å². The van der Waals surface area contributed by atoms with Crippen LogP contribution in [0.3, 0.4) is 0 Å². The Hall–Kier alpha value is -4.00. The van der Waals surface area contributed by atoms with Crippen LogP contribution in [0.4, 0.5) is 5.69 Å². The molecule has 7 heteroatoms. The van der Waals surface area contributed by atoms with Gasteiger partial charge in [-0.05, 0) is 48.4 Å². The monoisotopic (exact) mass is 476 g/mol. The van der Waals surface area contributed by atoms with Gasteiger partial charge in [-0.25, -0.2) is 0 Å². The number of unbranched alkanes of at least 4 members (excludes halogenated alkanes) is 2. The van der Waals surface area contributed by atoms with Crippen molar-refractivity contribution in [2.75, 3.05) is 19.1 Å². The smallest absolute Gasteiger partial charge is 0.259 e. The number of primary amides is 1. The van der Waals surface area contributed by atoms with E-state index in [0.717, 1.165) is 12.8 Å². The van der Waals surface area contributed by atoms with E-state index < -0.39 is 11.4 Å². The van der Waals surface area contributed by atoms with Crippen molar-refractivity contribution < 1.29 is 24.2 Å². The molecule has 0 aliphatic heterocycles. The third-order valence-electron chi connectivity index (χ3n) is 6.13. The van der Waals surface area contributed by atoms with E-state index >= 15 is 0 Å². The zero-order valence-electron chi connectivity index (χ0n) is 20.4. The number of aromatic hydroxyl groups is 1. The van der Waals surface area contributed by atoms with Crippen molar-refractivity contribution in [1.82, 2.24) is 0 Å². The summed E-state index contributed by atoms with van der Waals surface area (Å²) in [5.41, 5.74) is 5.98. The molecule has 0 saturated carbocycles. The van der Waals surface area contributed by atoms with Gasteiger partial charge in [-0.1, -0.05) is 56.5 Å². The summed E-state index contributed by atoms with van der Waals surface area (Å²) in [6, 6.07) is 20.1. The highest BCUT2D eigenvalue weighted by molar-refractivity contribution is 6.11. The van der Waals surface area contributed by atoms with Crippen molar-refractivity contribution in [2.45, 2.75) is 38.1 Å². The number of carbonyl (C=O) groups excluding carboxylic acids is 2. The average molecular weight is 477 g/mol. The van der Waals surface area contributed by atoms with Gasteiger partial charge in [-0.2, -0.15) is 0 Å². The Bertz CT molecular complexity index is 1150. The fraction of sp³-hybridized carbons (Fsp3) is 0.286. The molecule has 0 saturated heterocycles. The quantitative estimate of drug-likeness (QED) is 0.379. The Balaban J connectivity index is 2.33. The summed E-state index contributed by atoms with van der Waals surface area (Å²) < 4.78 is 10.9. The molecule has 184 valence electrons. The number of amides is 2. The highest BCUT2D eigenvalue weighted by Gasteiger charge is 2.47. The van der Waals surface area contributed by atoms with Crippen LogP contribution in [0.2, 0.25) is 0 Å². The van der Waals surface area contributed by atoms with E-state index in [1.165, 1.54) is 31.3 Å².